The van der Waals surface area contributed by atoms with E-state index in [4.69, 9.17) is 17.3 Å². The Bertz CT molecular complexity index is 541. The smallest absolute Gasteiger partial charge is 0.240 e. The predicted molar refractivity (Wildman–Crippen MR) is 72.1 cm³/mol. The molecule has 1 unspecified atom stereocenters. The van der Waals surface area contributed by atoms with E-state index in [1.807, 2.05) is 6.92 Å². The van der Waals surface area contributed by atoms with Crippen LogP contribution in [0.25, 0.3) is 0 Å². The third-order valence-electron chi connectivity index (χ3n) is 3.19. The normalized spacial score (nSPS) is 17.7. The number of nitrogens with one attached hydrogen (secondary N) is 1. The van der Waals surface area contributed by atoms with Crippen LogP contribution >= 0.6 is 11.6 Å². The van der Waals surface area contributed by atoms with Crippen molar-refractivity contribution in [2.45, 2.75) is 30.7 Å². The van der Waals surface area contributed by atoms with Crippen molar-refractivity contribution in [1.29, 1.82) is 0 Å². The molecule has 0 amide bonds. The lowest BCUT2D eigenvalue weighted by atomic mass is 10.2. The van der Waals surface area contributed by atoms with Gasteiger partial charge in [0.05, 0.1) is 4.90 Å². The molecule has 6 heteroatoms. The number of halogens is 1. The molecule has 0 saturated heterocycles. The minimum Gasteiger partial charge on any atom is -0.326 e. The summed E-state index contributed by atoms with van der Waals surface area (Å²) in [4.78, 5) is 0.182. The van der Waals surface area contributed by atoms with Crippen molar-refractivity contribution >= 4 is 21.6 Å². The SMILES string of the molecule is Cc1ccc(S(=O)(=O)NCC(N)C2CC2)cc1Cl. The molecule has 18 heavy (non-hydrogen) atoms. The Morgan fingerprint density at radius 3 is 2.72 bits per heavy atom. The Hall–Kier alpha value is -0.620. The largest absolute Gasteiger partial charge is 0.326 e. The van der Waals surface area contributed by atoms with Gasteiger partial charge in [-0.15, -0.1) is 0 Å². The molecule has 1 aromatic rings. The first-order valence-corrected chi connectivity index (χ1v) is 7.77. The van der Waals surface area contributed by atoms with E-state index in [1.165, 1.54) is 6.07 Å². The second-order valence-electron chi connectivity index (χ2n) is 4.76. The maximum absolute atomic E-state index is 12.0. The van der Waals surface area contributed by atoms with Gasteiger partial charge >= 0.3 is 0 Å². The molecule has 0 spiro atoms. The van der Waals surface area contributed by atoms with Crippen LogP contribution in [-0.2, 0) is 10.0 Å². The summed E-state index contributed by atoms with van der Waals surface area (Å²) in [6.07, 6.45) is 2.19. The molecule has 3 N–H and O–H groups in total. The van der Waals surface area contributed by atoms with Gasteiger partial charge in [-0.25, -0.2) is 13.1 Å². The first kappa shape index (κ1) is 13.8. The van der Waals surface area contributed by atoms with Crippen LogP contribution in [0.5, 0.6) is 0 Å². The van der Waals surface area contributed by atoms with Crippen molar-refractivity contribution in [1.82, 2.24) is 4.72 Å². The zero-order chi connectivity index (χ0) is 13.3. The summed E-state index contributed by atoms with van der Waals surface area (Å²) >= 11 is 5.93. The number of aryl methyl sites for hydroxylation is 1. The monoisotopic (exact) mass is 288 g/mol. The van der Waals surface area contributed by atoms with E-state index >= 15 is 0 Å². The molecule has 1 saturated carbocycles. The van der Waals surface area contributed by atoms with E-state index in [0.717, 1.165) is 18.4 Å². The Labute approximate surface area is 113 Å². The van der Waals surface area contributed by atoms with E-state index in [9.17, 15) is 8.42 Å². The van der Waals surface area contributed by atoms with Crippen molar-refractivity contribution in [2.75, 3.05) is 6.54 Å². The van der Waals surface area contributed by atoms with Crippen molar-refractivity contribution in [3.63, 3.8) is 0 Å². The summed E-state index contributed by atoms with van der Waals surface area (Å²) in [5.74, 6) is 0.467. The first-order valence-electron chi connectivity index (χ1n) is 5.91. The van der Waals surface area contributed by atoms with E-state index in [0.29, 0.717) is 10.9 Å². The van der Waals surface area contributed by atoms with E-state index in [1.54, 1.807) is 12.1 Å². The fraction of sp³-hybridized carbons (Fsp3) is 0.500. The van der Waals surface area contributed by atoms with Gasteiger partial charge in [0.1, 0.15) is 0 Å². The second kappa shape index (κ2) is 5.17. The number of benzene rings is 1. The third kappa shape index (κ3) is 3.23. The Kier molecular flexibility index (Phi) is 3.96. The van der Waals surface area contributed by atoms with Gasteiger partial charge < -0.3 is 5.73 Å². The molecule has 1 fully saturated rings. The Morgan fingerprint density at radius 1 is 1.50 bits per heavy atom. The summed E-state index contributed by atoms with van der Waals surface area (Å²) < 4.78 is 26.6. The Morgan fingerprint density at radius 2 is 2.17 bits per heavy atom. The maximum atomic E-state index is 12.0. The quantitative estimate of drug-likeness (QED) is 0.865. The molecular formula is C12H17ClN2O2S. The second-order valence-corrected chi connectivity index (χ2v) is 6.94. The highest BCUT2D eigenvalue weighted by atomic mass is 35.5. The zero-order valence-electron chi connectivity index (χ0n) is 10.2. The van der Waals surface area contributed by atoms with Gasteiger partial charge in [-0.1, -0.05) is 17.7 Å². The minimum absolute atomic E-state index is 0.0966. The molecule has 4 nitrogen and oxygen atoms in total. The van der Waals surface area contributed by atoms with Crippen LogP contribution in [0.1, 0.15) is 18.4 Å². The van der Waals surface area contributed by atoms with E-state index in [2.05, 4.69) is 4.72 Å². The summed E-state index contributed by atoms with van der Waals surface area (Å²) in [5.41, 5.74) is 6.72. The van der Waals surface area contributed by atoms with Crippen LogP contribution in [-0.4, -0.2) is 21.0 Å². The minimum atomic E-state index is -3.51. The van der Waals surface area contributed by atoms with E-state index in [-0.39, 0.29) is 17.5 Å². The molecule has 2 rings (SSSR count). The lowest BCUT2D eigenvalue weighted by Crippen LogP contribution is -2.38. The molecule has 0 radical (unpaired) electrons. The number of nitrogens with two attached hydrogens (primary N) is 1. The highest BCUT2D eigenvalue weighted by Crippen LogP contribution is 2.31. The number of sulfonamides is 1. The summed E-state index contributed by atoms with van der Waals surface area (Å²) in [6.45, 7) is 2.10. The average Bonchev–Trinajstić information content (AvgIpc) is 3.13. The lowest BCUT2D eigenvalue weighted by Gasteiger charge is -2.12. The number of hydrogen-bond donors (Lipinski definition) is 2. The molecular weight excluding hydrogens is 272 g/mol. The Balaban J connectivity index is 2.07. The third-order valence-corrected chi connectivity index (χ3v) is 5.02. The van der Waals surface area contributed by atoms with Crippen LogP contribution in [0.15, 0.2) is 23.1 Å². The van der Waals surface area contributed by atoms with Gasteiger partial charge in [-0.3, -0.25) is 0 Å². The average molecular weight is 289 g/mol. The van der Waals surface area contributed by atoms with Crippen LogP contribution in [0.3, 0.4) is 0 Å². The summed E-state index contributed by atoms with van der Waals surface area (Å²) in [7, 11) is -3.51. The van der Waals surface area contributed by atoms with Crippen molar-refractivity contribution in [3.8, 4) is 0 Å². The topological polar surface area (TPSA) is 72.2 Å². The van der Waals surface area contributed by atoms with Gasteiger partial charge in [0.2, 0.25) is 10.0 Å². The van der Waals surface area contributed by atoms with Crippen molar-refractivity contribution < 1.29 is 8.42 Å². The zero-order valence-corrected chi connectivity index (χ0v) is 11.8. The molecule has 1 aliphatic carbocycles. The molecule has 0 aromatic heterocycles. The summed E-state index contributed by atoms with van der Waals surface area (Å²) in [5, 5.41) is 0.448. The van der Waals surface area contributed by atoms with E-state index < -0.39 is 10.0 Å². The molecule has 0 heterocycles. The standard InChI is InChI=1S/C12H17ClN2O2S/c1-8-2-5-10(6-11(8)13)18(16,17)15-7-12(14)9-3-4-9/h2,5-6,9,12,15H,3-4,7,14H2,1H3. The molecule has 1 atom stereocenters. The van der Waals surface area contributed by atoms with Crippen LogP contribution < -0.4 is 10.5 Å². The highest BCUT2D eigenvalue weighted by molar-refractivity contribution is 7.89. The number of hydrogen-bond acceptors (Lipinski definition) is 3. The van der Waals surface area contributed by atoms with Gasteiger partial charge in [0, 0.05) is 17.6 Å². The van der Waals surface area contributed by atoms with Gasteiger partial charge in [-0.05, 0) is 43.4 Å². The van der Waals surface area contributed by atoms with Crippen LogP contribution in [0, 0.1) is 12.8 Å². The fourth-order valence-corrected chi connectivity index (χ4v) is 3.07. The maximum Gasteiger partial charge on any atom is 0.240 e. The molecule has 1 aromatic carbocycles. The highest BCUT2D eigenvalue weighted by Gasteiger charge is 2.29. The predicted octanol–water partition coefficient (Wildman–Crippen LogP) is 1.66. The fourth-order valence-electron chi connectivity index (χ4n) is 1.72. The van der Waals surface area contributed by atoms with Gasteiger partial charge in [0.25, 0.3) is 0 Å². The lowest BCUT2D eigenvalue weighted by molar-refractivity contribution is 0.547. The molecule has 0 aliphatic heterocycles. The molecule has 0 bridgehead atoms. The van der Waals surface area contributed by atoms with Crippen molar-refractivity contribution in [2.24, 2.45) is 11.7 Å². The van der Waals surface area contributed by atoms with Crippen molar-refractivity contribution in [3.05, 3.63) is 28.8 Å². The molecule has 100 valence electrons. The van der Waals surface area contributed by atoms with Crippen LogP contribution in [0.4, 0.5) is 0 Å². The van der Waals surface area contributed by atoms with Gasteiger partial charge in [0.15, 0.2) is 0 Å². The van der Waals surface area contributed by atoms with Gasteiger partial charge in [-0.2, -0.15) is 0 Å². The first-order chi connectivity index (χ1) is 8.40. The number of rotatable bonds is 5. The summed E-state index contributed by atoms with van der Waals surface area (Å²) in [6, 6.07) is 4.60. The van der Waals surface area contributed by atoms with Crippen LogP contribution in [0.2, 0.25) is 5.02 Å². The molecule has 1 aliphatic rings.